The third kappa shape index (κ3) is 2.42. The van der Waals surface area contributed by atoms with Crippen molar-refractivity contribution in [1.29, 1.82) is 0 Å². The highest BCUT2D eigenvalue weighted by atomic mass is 79.9. The highest BCUT2D eigenvalue weighted by molar-refractivity contribution is 9.10. The number of thiazole rings is 1. The van der Waals surface area contributed by atoms with Gasteiger partial charge in [0.1, 0.15) is 5.01 Å². The van der Waals surface area contributed by atoms with Gasteiger partial charge in [-0.05, 0) is 28.9 Å². The van der Waals surface area contributed by atoms with E-state index in [1.54, 1.807) is 25.5 Å². The topological polar surface area (TPSA) is 46.0 Å². The van der Waals surface area contributed by atoms with Crippen LogP contribution >= 0.6 is 27.3 Å². The molecule has 0 bridgehead atoms. The number of hydrogen-bond acceptors (Lipinski definition) is 4. The lowest BCUT2D eigenvalue weighted by molar-refractivity contribution is 0.203. The predicted molar refractivity (Wildman–Crippen MR) is 63.7 cm³/mol. The first-order chi connectivity index (χ1) is 7.16. The number of aromatic nitrogens is 2. The van der Waals surface area contributed by atoms with Crippen LogP contribution in [0.15, 0.2) is 29.1 Å². The van der Waals surface area contributed by atoms with Crippen molar-refractivity contribution in [3.05, 3.63) is 34.0 Å². The summed E-state index contributed by atoms with van der Waals surface area (Å²) in [5.74, 6) is 0. The normalized spacial score (nSPS) is 12.7. The highest BCUT2D eigenvalue weighted by Crippen LogP contribution is 2.29. The molecule has 0 aliphatic rings. The first-order valence-corrected chi connectivity index (χ1v) is 6.02. The second-order valence-electron chi connectivity index (χ2n) is 3.14. The molecule has 2 rings (SSSR count). The van der Waals surface area contributed by atoms with Crippen LogP contribution in [0.1, 0.15) is 17.9 Å². The number of halogens is 1. The molecule has 2 heterocycles. The lowest BCUT2D eigenvalue weighted by Crippen LogP contribution is -1.83. The van der Waals surface area contributed by atoms with Crippen molar-refractivity contribution in [2.24, 2.45) is 0 Å². The molecule has 15 heavy (non-hydrogen) atoms. The van der Waals surface area contributed by atoms with Crippen molar-refractivity contribution in [3.8, 4) is 10.6 Å². The van der Waals surface area contributed by atoms with Crippen LogP contribution in [0.2, 0.25) is 0 Å². The quantitative estimate of drug-likeness (QED) is 0.922. The molecule has 2 aromatic heterocycles. The van der Waals surface area contributed by atoms with E-state index in [2.05, 4.69) is 25.9 Å². The average Bonchev–Trinajstić information content (AvgIpc) is 2.66. The molecule has 2 aromatic rings. The van der Waals surface area contributed by atoms with Gasteiger partial charge >= 0.3 is 0 Å². The summed E-state index contributed by atoms with van der Waals surface area (Å²) in [7, 11) is 0. The molecule has 78 valence electrons. The fourth-order valence-electron chi connectivity index (χ4n) is 1.14. The SMILES string of the molecule is CC(O)c1cnc(-c2cncc(Br)c2)s1. The first kappa shape index (κ1) is 10.7. The lowest BCUT2D eigenvalue weighted by Gasteiger charge is -1.97. The lowest BCUT2D eigenvalue weighted by atomic mass is 10.3. The van der Waals surface area contributed by atoms with Gasteiger partial charge in [-0.25, -0.2) is 4.98 Å². The van der Waals surface area contributed by atoms with Gasteiger partial charge in [-0.3, -0.25) is 4.98 Å². The molecule has 1 unspecified atom stereocenters. The van der Waals surface area contributed by atoms with Crippen LogP contribution in [0.4, 0.5) is 0 Å². The van der Waals surface area contributed by atoms with Gasteiger partial charge < -0.3 is 5.11 Å². The molecule has 0 saturated carbocycles. The molecule has 0 aromatic carbocycles. The smallest absolute Gasteiger partial charge is 0.125 e. The van der Waals surface area contributed by atoms with Gasteiger partial charge in [-0.15, -0.1) is 11.3 Å². The maximum atomic E-state index is 9.38. The highest BCUT2D eigenvalue weighted by Gasteiger charge is 2.08. The summed E-state index contributed by atoms with van der Waals surface area (Å²) >= 11 is 4.84. The van der Waals surface area contributed by atoms with Crippen LogP contribution in [0, 0.1) is 0 Å². The molecule has 0 spiro atoms. The van der Waals surface area contributed by atoms with Crippen LogP contribution in [0.3, 0.4) is 0 Å². The Morgan fingerprint density at radius 3 is 2.80 bits per heavy atom. The Morgan fingerprint density at radius 1 is 1.40 bits per heavy atom. The zero-order chi connectivity index (χ0) is 10.8. The molecular weight excluding hydrogens is 276 g/mol. The summed E-state index contributed by atoms with van der Waals surface area (Å²) in [5.41, 5.74) is 0.960. The van der Waals surface area contributed by atoms with Gasteiger partial charge in [0, 0.05) is 28.6 Å². The van der Waals surface area contributed by atoms with Gasteiger partial charge in [0.2, 0.25) is 0 Å². The zero-order valence-electron chi connectivity index (χ0n) is 8.01. The van der Waals surface area contributed by atoms with Gasteiger partial charge in [-0.1, -0.05) is 0 Å². The minimum Gasteiger partial charge on any atom is -0.388 e. The number of pyridine rings is 1. The fraction of sp³-hybridized carbons (Fsp3) is 0.200. The van der Waals surface area contributed by atoms with E-state index in [1.807, 2.05) is 6.07 Å². The van der Waals surface area contributed by atoms with E-state index >= 15 is 0 Å². The number of hydrogen-bond donors (Lipinski definition) is 1. The summed E-state index contributed by atoms with van der Waals surface area (Å²) in [6, 6.07) is 1.96. The summed E-state index contributed by atoms with van der Waals surface area (Å²) in [6.07, 6.45) is 4.73. The molecule has 0 fully saturated rings. The Morgan fingerprint density at radius 2 is 2.20 bits per heavy atom. The monoisotopic (exact) mass is 284 g/mol. The molecule has 0 amide bonds. The molecule has 1 N–H and O–H groups in total. The Hall–Kier alpha value is -0.780. The van der Waals surface area contributed by atoms with Crippen LogP contribution in [-0.2, 0) is 0 Å². The predicted octanol–water partition coefficient (Wildman–Crippen LogP) is 3.02. The van der Waals surface area contributed by atoms with E-state index in [1.165, 1.54) is 11.3 Å². The van der Waals surface area contributed by atoms with E-state index < -0.39 is 6.10 Å². The molecule has 5 heteroatoms. The molecule has 0 aliphatic carbocycles. The molecule has 0 radical (unpaired) electrons. The van der Waals surface area contributed by atoms with Crippen molar-refractivity contribution in [2.45, 2.75) is 13.0 Å². The van der Waals surface area contributed by atoms with Crippen LogP contribution < -0.4 is 0 Å². The second kappa shape index (κ2) is 4.38. The molecule has 3 nitrogen and oxygen atoms in total. The van der Waals surface area contributed by atoms with Crippen molar-refractivity contribution >= 4 is 27.3 Å². The van der Waals surface area contributed by atoms with Gasteiger partial charge in [0.05, 0.1) is 11.0 Å². The molecule has 1 atom stereocenters. The third-order valence-electron chi connectivity index (χ3n) is 1.89. The Kier molecular flexibility index (Phi) is 3.14. The van der Waals surface area contributed by atoms with Gasteiger partial charge in [0.15, 0.2) is 0 Å². The molecular formula is C10H9BrN2OS. The maximum absolute atomic E-state index is 9.38. The van der Waals surface area contributed by atoms with E-state index in [0.717, 1.165) is 19.9 Å². The second-order valence-corrected chi connectivity index (χ2v) is 5.11. The van der Waals surface area contributed by atoms with E-state index in [9.17, 15) is 5.11 Å². The van der Waals surface area contributed by atoms with Crippen molar-refractivity contribution < 1.29 is 5.11 Å². The molecule has 0 aliphatic heterocycles. The maximum Gasteiger partial charge on any atom is 0.125 e. The van der Waals surface area contributed by atoms with Crippen molar-refractivity contribution in [1.82, 2.24) is 9.97 Å². The Labute approximate surface area is 100.0 Å². The first-order valence-electron chi connectivity index (χ1n) is 4.41. The van der Waals surface area contributed by atoms with Crippen molar-refractivity contribution in [2.75, 3.05) is 0 Å². The van der Waals surface area contributed by atoms with E-state index in [0.29, 0.717) is 0 Å². The fourth-order valence-corrected chi connectivity index (χ4v) is 2.34. The summed E-state index contributed by atoms with van der Waals surface area (Å²) in [5, 5.41) is 10.3. The third-order valence-corrected chi connectivity index (χ3v) is 3.54. The van der Waals surface area contributed by atoms with E-state index in [-0.39, 0.29) is 0 Å². The standard InChI is InChI=1S/C10H9BrN2OS/c1-6(14)9-5-13-10(15-9)7-2-8(11)4-12-3-7/h2-6,14H,1H3. The Bertz CT molecular complexity index is 470. The Balaban J connectivity index is 2.37. The van der Waals surface area contributed by atoms with E-state index in [4.69, 9.17) is 0 Å². The minimum atomic E-state index is -0.462. The number of nitrogens with zero attached hydrogens (tertiary/aromatic N) is 2. The zero-order valence-corrected chi connectivity index (χ0v) is 10.4. The van der Waals surface area contributed by atoms with Crippen LogP contribution in [-0.4, -0.2) is 15.1 Å². The van der Waals surface area contributed by atoms with Crippen LogP contribution in [0.25, 0.3) is 10.6 Å². The summed E-state index contributed by atoms with van der Waals surface area (Å²) in [6.45, 7) is 1.73. The number of rotatable bonds is 2. The minimum absolute atomic E-state index is 0.462. The van der Waals surface area contributed by atoms with Crippen molar-refractivity contribution in [3.63, 3.8) is 0 Å². The number of aliphatic hydroxyl groups excluding tert-OH is 1. The molecule has 0 saturated heterocycles. The summed E-state index contributed by atoms with van der Waals surface area (Å²) in [4.78, 5) is 9.18. The largest absolute Gasteiger partial charge is 0.388 e. The van der Waals surface area contributed by atoms with Crippen LogP contribution in [0.5, 0.6) is 0 Å². The van der Waals surface area contributed by atoms with Gasteiger partial charge in [-0.2, -0.15) is 0 Å². The summed E-state index contributed by atoms with van der Waals surface area (Å²) < 4.78 is 0.925. The van der Waals surface area contributed by atoms with Gasteiger partial charge in [0.25, 0.3) is 0 Å². The average molecular weight is 285 g/mol. The number of aliphatic hydroxyl groups is 1.